The van der Waals surface area contributed by atoms with E-state index in [1.807, 2.05) is 23.4 Å². The number of aryl methyl sites for hydroxylation is 2. The molecule has 0 aromatic carbocycles. The molecule has 3 rings (SSSR count). The molecule has 0 unspecified atom stereocenters. The van der Waals surface area contributed by atoms with E-state index >= 15 is 0 Å². The summed E-state index contributed by atoms with van der Waals surface area (Å²) in [6, 6.07) is 0. The first kappa shape index (κ1) is 11.4. The summed E-state index contributed by atoms with van der Waals surface area (Å²) in [5, 5.41) is 11.2. The summed E-state index contributed by atoms with van der Waals surface area (Å²) in [5.74, 6) is 0.643. The zero-order chi connectivity index (χ0) is 12.2. The van der Waals surface area contributed by atoms with E-state index in [1.54, 1.807) is 6.20 Å². The van der Waals surface area contributed by atoms with Crippen LogP contribution in [0.15, 0.2) is 24.9 Å². The van der Waals surface area contributed by atoms with Gasteiger partial charge in [0.05, 0.1) is 19.1 Å². The van der Waals surface area contributed by atoms with Crippen molar-refractivity contribution in [3.8, 4) is 0 Å². The Labute approximate surface area is 106 Å². The minimum absolute atomic E-state index is 0.643. The van der Waals surface area contributed by atoms with Gasteiger partial charge in [0.15, 0.2) is 0 Å². The lowest BCUT2D eigenvalue weighted by Crippen LogP contribution is -2.27. The average molecular weight is 246 g/mol. The molecular formula is C12H18N6. The van der Waals surface area contributed by atoms with Gasteiger partial charge >= 0.3 is 0 Å². The third-order valence-corrected chi connectivity index (χ3v) is 3.54. The Morgan fingerprint density at radius 3 is 2.94 bits per heavy atom. The van der Waals surface area contributed by atoms with Crippen molar-refractivity contribution in [2.75, 3.05) is 13.1 Å². The average Bonchev–Trinajstić information content (AvgIpc) is 3.09. The first-order valence-electron chi connectivity index (χ1n) is 6.48. The van der Waals surface area contributed by atoms with Crippen LogP contribution in [-0.4, -0.2) is 37.6 Å². The Morgan fingerprint density at radius 2 is 2.17 bits per heavy atom. The molecule has 1 aliphatic rings. The molecule has 6 nitrogen and oxygen atoms in total. The van der Waals surface area contributed by atoms with Crippen LogP contribution in [0, 0.1) is 0 Å². The maximum Gasteiger partial charge on any atom is 0.0948 e. The number of nitrogens with one attached hydrogen (secondary N) is 1. The first-order chi connectivity index (χ1) is 8.93. The molecule has 0 amide bonds. The molecule has 2 aromatic heterocycles. The van der Waals surface area contributed by atoms with Crippen LogP contribution in [0.1, 0.15) is 24.5 Å². The van der Waals surface area contributed by atoms with Gasteiger partial charge in [-0.2, -0.15) is 0 Å². The van der Waals surface area contributed by atoms with E-state index in [1.165, 1.54) is 18.5 Å². The molecule has 2 aromatic rings. The molecule has 0 bridgehead atoms. The number of piperidine rings is 1. The normalized spacial score (nSPS) is 17.1. The van der Waals surface area contributed by atoms with E-state index in [0.29, 0.717) is 5.92 Å². The highest BCUT2D eigenvalue weighted by Gasteiger charge is 2.18. The Kier molecular flexibility index (Phi) is 3.36. The van der Waals surface area contributed by atoms with Gasteiger partial charge in [0, 0.05) is 30.6 Å². The molecule has 3 heterocycles. The van der Waals surface area contributed by atoms with E-state index < -0.39 is 0 Å². The summed E-state index contributed by atoms with van der Waals surface area (Å²) in [6.45, 7) is 3.97. The lowest BCUT2D eigenvalue weighted by molar-refractivity contribution is 0.428. The zero-order valence-corrected chi connectivity index (χ0v) is 10.4. The van der Waals surface area contributed by atoms with Crippen LogP contribution < -0.4 is 5.32 Å². The predicted molar refractivity (Wildman–Crippen MR) is 67.1 cm³/mol. The van der Waals surface area contributed by atoms with Crippen LogP contribution in [0.25, 0.3) is 0 Å². The van der Waals surface area contributed by atoms with Crippen molar-refractivity contribution in [3.63, 3.8) is 0 Å². The van der Waals surface area contributed by atoms with Gasteiger partial charge in [-0.25, -0.2) is 4.98 Å². The standard InChI is InChI=1S/C12H18N6/c1-3-13-4-2-11(1)12-9-14-10-17(12)7-8-18-6-5-15-16-18/h5-6,9-11,13H,1-4,7-8H2. The predicted octanol–water partition coefficient (Wildman–Crippen LogP) is 0.642. The highest BCUT2D eigenvalue weighted by Crippen LogP contribution is 2.24. The van der Waals surface area contributed by atoms with E-state index in [0.717, 1.165) is 26.2 Å². The summed E-state index contributed by atoms with van der Waals surface area (Å²) in [6.07, 6.45) is 9.94. The molecule has 96 valence electrons. The Hall–Kier alpha value is -1.69. The van der Waals surface area contributed by atoms with Crippen molar-refractivity contribution in [3.05, 3.63) is 30.6 Å². The molecular weight excluding hydrogens is 228 g/mol. The highest BCUT2D eigenvalue weighted by atomic mass is 15.4. The van der Waals surface area contributed by atoms with Crippen LogP contribution in [0.4, 0.5) is 0 Å². The van der Waals surface area contributed by atoms with Crippen LogP contribution in [0.2, 0.25) is 0 Å². The Balaban J connectivity index is 1.67. The summed E-state index contributed by atoms with van der Waals surface area (Å²) in [7, 11) is 0. The second kappa shape index (κ2) is 5.30. The minimum Gasteiger partial charge on any atom is -0.332 e. The van der Waals surface area contributed by atoms with Gasteiger partial charge in [0.1, 0.15) is 0 Å². The third kappa shape index (κ3) is 2.43. The van der Waals surface area contributed by atoms with Crippen LogP contribution in [-0.2, 0) is 13.1 Å². The van der Waals surface area contributed by atoms with Crippen molar-refractivity contribution in [1.29, 1.82) is 0 Å². The second-order valence-electron chi connectivity index (χ2n) is 4.70. The number of hydrogen-bond acceptors (Lipinski definition) is 4. The summed E-state index contributed by atoms with van der Waals surface area (Å²) >= 11 is 0. The topological polar surface area (TPSA) is 60.6 Å². The van der Waals surface area contributed by atoms with Crippen molar-refractivity contribution >= 4 is 0 Å². The monoisotopic (exact) mass is 246 g/mol. The molecule has 1 fully saturated rings. The number of hydrogen-bond donors (Lipinski definition) is 1. The fourth-order valence-corrected chi connectivity index (χ4v) is 2.54. The van der Waals surface area contributed by atoms with Gasteiger partial charge in [0.2, 0.25) is 0 Å². The fourth-order valence-electron chi connectivity index (χ4n) is 2.54. The minimum atomic E-state index is 0.643. The number of imidazole rings is 1. The molecule has 0 aliphatic carbocycles. The fraction of sp³-hybridized carbons (Fsp3) is 0.583. The van der Waals surface area contributed by atoms with Crippen molar-refractivity contribution in [1.82, 2.24) is 29.9 Å². The quantitative estimate of drug-likeness (QED) is 0.860. The largest absolute Gasteiger partial charge is 0.332 e. The van der Waals surface area contributed by atoms with Crippen LogP contribution in [0.3, 0.4) is 0 Å². The molecule has 0 radical (unpaired) electrons. The summed E-state index contributed by atoms with van der Waals surface area (Å²) in [5.41, 5.74) is 1.36. The number of rotatable bonds is 4. The molecule has 1 aliphatic heterocycles. The van der Waals surface area contributed by atoms with Crippen LogP contribution in [0.5, 0.6) is 0 Å². The van der Waals surface area contributed by atoms with E-state index in [9.17, 15) is 0 Å². The van der Waals surface area contributed by atoms with Gasteiger partial charge in [-0.05, 0) is 25.9 Å². The molecule has 1 saturated heterocycles. The molecule has 0 saturated carbocycles. The molecule has 0 spiro atoms. The number of aromatic nitrogens is 5. The van der Waals surface area contributed by atoms with Crippen molar-refractivity contribution < 1.29 is 0 Å². The van der Waals surface area contributed by atoms with Gasteiger partial charge in [-0.3, -0.25) is 4.68 Å². The maximum atomic E-state index is 4.29. The zero-order valence-electron chi connectivity index (χ0n) is 10.4. The van der Waals surface area contributed by atoms with Crippen molar-refractivity contribution in [2.24, 2.45) is 0 Å². The molecule has 18 heavy (non-hydrogen) atoms. The van der Waals surface area contributed by atoms with Gasteiger partial charge in [-0.15, -0.1) is 5.10 Å². The highest BCUT2D eigenvalue weighted by molar-refractivity contribution is 5.07. The lowest BCUT2D eigenvalue weighted by Gasteiger charge is -2.23. The summed E-state index contributed by atoms with van der Waals surface area (Å²) in [4.78, 5) is 4.29. The van der Waals surface area contributed by atoms with Crippen molar-refractivity contribution in [2.45, 2.75) is 31.8 Å². The molecule has 1 N–H and O–H groups in total. The Bertz CT molecular complexity index is 468. The first-order valence-corrected chi connectivity index (χ1v) is 6.48. The van der Waals surface area contributed by atoms with E-state index in [4.69, 9.17) is 0 Å². The smallest absolute Gasteiger partial charge is 0.0948 e. The Morgan fingerprint density at radius 1 is 1.28 bits per heavy atom. The third-order valence-electron chi connectivity index (χ3n) is 3.54. The van der Waals surface area contributed by atoms with E-state index in [2.05, 4.69) is 25.2 Å². The maximum absolute atomic E-state index is 4.29. The SMILES string of the molecule is c1cn(CCn2cncc2C2CCNCC2)nn1. The van der Waals surface area contributed by atoms with Crippen LogP contribution >= 0.6 is 0 Å². The molecule has 0 atom stereocenters. The number of nitrogens with zero attached hydrogens (tertiary/aromatic N) is 5. The lowest BCUT2D eigenvalue weighted by atomic mass is 9.95. The van der Waals surface area contributed by atoms with Gasteiger partial charge < -0.3 is 9.88 Å². The molecule has 6 heteroatoms. The second-order valence-corrected chi connectivity index (χ2v) is 4.70. The summed E-state index contributed by atoms with van der Waals surface area (Å²) < 4.78 is 4.10. The van der Waals surface area contributed by atoms with Gasteiger partial charge in [0.25, 0.3) is 0 Å². The van der Waals surface area contributed by atoms with Gasteiger partial charge in [-0.1, -0.05) is 5.21 Å². The van der Waals surface area contributed by atoms with E-state index in [-0.39, 0.29) is 0 Å².